The molecular weight excluding hydrogens is 284 g/mol. The molecule has 1 aliphatic rings. The molecule has 0 saturated carbocycles. The summed E-state index contributed by atoms with van der Waals surface area (Å²) in [6.07, 6.45) is 2.95. The van der Waals surface area contributed by atoms with Gasteiger partial charge in [0.15, 0.2) is 0 Å². The normalized spacial score (nSPS) is 21.6. The van der Waals surface area contributed by atoms with Crippen molar-refractivity contribution in [2.45, 2.75) is 44.0 Å². The summed E-state index contributed by atoms with van der Waals surface area (Å²) < 4.78 is 27.1. The van der Waals surface area contributed by atoms with Crippen molar-refractivity contribution in [3.63, 3.8) is 0 Å². The lowest BCUT2D eigenvalue weighted by molar-refractivity contribution is 0.452. The third-order valence-corrected chi connectivity index (χ3v) is 6.34. The van der Waals surface area contributed by atoms with Gasteiger partial charge in [0, 0.05) is 19.1 Å². The minimum absolute atomic E-state index is 0.196. The van der Waals surface area contributed by atoms with Crippen LogP contribution in [-0.2, 0) is 10.0 Å². The zero-order chi connectivity index (χ0) is 15.5. The van der Waals surface area contributed by atoms with Crippen LogP contribution in [0.25, 0.3) is 0 Å². The molecule has 0 spiro atoms. The van der Waals surface area contributed by atoms with E-state index in [0.29, 0.717) is 23.9 Å². The van der Waals surface area contributed by atoms with Crippen molar-refractivity contribution in [1.82, 2.24) is 9.62 Å². The van der Waals surface area contributed by atoms with Crippen LogP contribution in [0.15, 0.2) is 29.2 Å². The maximum absolute atomic E-state index is 12.8. The molecule has 1 saturated heterocycles. The fourth-order valence-corrected chi connectivity index (χ4v) is 4.58. The SMILES string of the molecule is CCC1CCN(S(=O)(=O)c2cccc(C(CC)NC)c2)C1. The smallest absolute Gasteiger partial charge is 0.243 e. The molecule has 2 atom stereocenters. The number of nitrogens with one attached hydrogen (secondary N) is 1. The molecule has 1 N–H and O–H groups in total. The Kier molecular flexibility index (Phi) is 5.41. The van der Waals surface area contributed by atoms with Gasteiger partial charge in [0.05, 0.1) is 4.90 Å². The average molecular weight is 310 g/mol. The van der Waals surface area contributed by atoms with Crippen LogP contribution in [0.2, 0.25) is 0 Å². The van der Waals surface area contributed by atoms with E-state index in [2.05, 4.69) is 19.2 Å². The molecule has 2 rings (SSSR count). The van der Waals surface area contributed by atoms with Gasteiger partial charge in [-0.15, -0.1) is 0 Å². The first-order valence-corrected chi connectivity index (χ1v) is 9.24. The van der Waals surface area contributed by atoms with Crippen molar-refractivity contribution in [2.24, 2.45) is 5.92 Å². The Morgan fingerprint density at radius 3 is 2.71 bits per heavy atom. The van der Waals surface area contributed by atoms with E-state index in [1.165, 1.54) is 0 Å². The fraction of sp³-hybridized carbons (Fsp3) is 0.625. The van der Waals surface area contributed by atoms with Crippen LogP contribution in [0, 0.1) is 5.92 Å². The van der Waals surface area contributed by atoms with Crippen LogP contribution in [0.1, 0.15) is 44.7 Å². The Balaban J connectivity index is 2.26. The Bertz CT molecular complexity index is 567. The highest BCUT2D eigenvalue weighted by Gasteiger charge is 2.31. The largest absolute Gasteiger partial charge is 0.313 e. The van der Waals surface area contributed by atoms with Crippen LogP contribution in [0.4, 0.5) is 0 Å². The molecule has 0 radical (unpaired) electrons. The molecule has 1 aromatic rings. The standard InChI is InChI=1S/C16H26N2O2S/c1-4-13-9-10-18(12-13)21(19,20)15-8-6-7-14(11-15)16(5-2)17-3/h6-8,11,13,16-17H,4-5,9-10,12H2,1-3H3. The van der Waals surface area contributed by atoms with E-state index in [0.717, 1.165) is 24.8 Å². The van der Waals surface area contributed by atoms with E-state index in [9.17, 15) is 8.42 Å². The second-order valence-corrected chi connectivity index (χ2v) is 7.69. The minimum Gasteiger partial charge on any atom is -0.313 e. The molecule has 0 bridgehead atoms. The maximum Gasteiger partial charge on any atom is 0.243 e. The van der Waals surface area contributed by atoms with Crippen molar-refractivity contribution in [1.29, 1.82) is 0 Å². The van der Waals surface area contributed by atoms with Crippen LogP contribution < -0.4 is 5.32 Å². The van der Waals surface area contributed by atoms with Gasteiger partial charge in [0.2, 0.25) is 10.0 Å². The van der Waals surface area contributed by atoms with Gasteiger partial charge in [-0.2, -0.15) is 4.31 Å². The zero-order valence-corrected chi connectivity index (χ0v) is 14.0. The Labute approximate surface area is 128 Å². The highest BCUT2D eigenvalue weighted by Crippen LogP contribution is 2.27. The van der Waals surface area contributed by atoms with Gasteiger partial charge in [0.1, 0.15) is 0 Å². The van der Waals surface area contributed by atoms with Crippen LogP contribution in [-0.4, -0.2) is 32.9 Å². The summed E-state index contributed by atoms with van der Waals surface area (Å²) in [6, 6.07) is 7.56. The number of nitrogens with zero attached hydrogens (tertiary/aromatic N) is 1. The van der Waals surface area contributed by atoms with E-state index >= 15 is 0 Å². The van der Waals surface area contributed by atoms with Crippen LogP contribution >= 0.6 is 0 Å². The van der Waals surface area contributed by atoms with Crippen LogP contribution in [0.3, 0.4) is 0 Å². The first-order valence-electron chi connectivity index (χ1n) is 7.80. The lowest BCUT2D eigenvalue weighted by Crippen LogP contribution is -2.29. The van der Waals surface area contributed by atoms with Crippen molar-refractivity contribution in [2.75, 3.05) is 20.1 Å². The van der Waals surface area contributed by atoms with Crippen molar-refractivity contribution in [3.05, 3.63) is 29.8 Å². The second-order valence-electron chi connectivity index (χ2n) is 5.75. The summed E-state index contributed by atoms with van der Waals surface area (Å²) in [5.41, 5.74) is 1.03. The molecule has 118 valence electrons. The lowest BCUT2D eigenvalue weighted by atomic mass is 10.1. The minimum atomic E-state index is -3.35. The van der Waals surface area contributed by atoms with Gasteiger partial charge in [0.25, 0.3) is 0 Å². The summed E-state index contributed by atoms with van der Waals surface area (Å²) in [6.45, 7) is 5.52. The molecule has 21 heavy (non-hydrogen) atoms. The van der Waals surface area contributed by atoms with Crippen molar-refractivity contribution >= 4 is 10.0 Å². The molecule has 1 fully saturated rings. The topological polar surface area (TPSA) is 49.4 Å². The van der Waals surface area contributed by atoms with Gasteiger partial charge in [-0.3, -0.25) is 0 Å². The number of hydrogen-bond donors (Lipinski definition) is 1. The summed E-state index contributed by atoms with van der Waals surface area (Å²) in [5, 5.41) is 3.22. The average Bonchev–Trinajstić information content (AvgIpc) is 2.98. The van der Waals surface area contributed by atoms with Gasteiger partial charge >= 0.3 is 0 Å². The van der Waals surface area contributed by atoms with E-state index in [1.807, 2.05) is 25.2 Å². The maximum atomic E-state index is 12.8. The molecule has 4 nitrogen and oxygen atoms in total. The summed E-state index contributed by atoms with van der Waals surface area (Å²) in [7, 11) is -1.44. The van der Waals surface area contributed by atoms with E-state index < -0.39 is 10.0 Å². The summed E-state index contributed by atoms with van der Waals surface area (Å²) in [5.74, 6) is 0.503. The molecule has 1 aliphatic heterocycles. The molecule has 0 aromatic heterocycles. The zero-order valence-electron chi connectivity index (χ0n) is 13.2. The lowest BCUT2D eigenvalue weighted by Gasteiger charge is -2.19. The van der Waals surface area contributed by atoms with Crippen LogP contribution in [0.5, 0.6) is 0 Å². The quantitative estimate of drug-likeness (QED) is 0.879. The highest BCUT2D eigenvalue weighted by molar-refractivity contribution is 7.89. The predicted octanol–water partition coefficient (Wildman–Crippen LogP) is 2.78. The molecule has 1 aromatic carbocycles. The Hall–Kier alpha value is -0.910. The second kappa shape index (κ2) is 6.90. The molecule has 0 amide bonds. The fourth-order valence-electron chi connectivity index (χ4n) is 3.00. The van der Waals surface area contributed by atoms with Gasteiger partial charge in [-0.05, 0) is 43.5 Å². The number of hydrogen-bond acceptors (Lipinski definition) is 3. The first-order chi connectivity index (χ1) is 10.0. The van der Waals surface area contributed by atoms with E-state index in [-0.39, 0.29) is 6.04 Å². The van der Waals surface area contributed by atoms with Gasteiger partial charge in [-0.25, -0.2) is 8.42 Å². The molecule has 0 aliphatic carbocycles. The summed E-state index contributed by atoms with van der Waals surface area (Å²) >= 11 is 0. The Morgan fingerprint density at radius 1 is 1.38 bits per heavy atom. The number of sulfonamides is 1. The van der Waals surface area contributed by atoms with Gasteiger partial charge < -0.3 is 5.32 Å². The third-order valence-electron chi connectivity index (χ3n) is 4.48. The molecule has 5 heteroatoms. The third kappa shape index (κ3) is 3.47. The van der Waals surface area contributed by atoms with Crippen molar-refractivity contribution < 1.29 is 8.42 Å². The van der Waals surface area contributed by atoms with Crippen molar-refractivity contribution in [3.8, 4) is 0 Å². The molecular formula is C16H26N2O2S. The molecule has 2 unspecified atom stereocenters. The summed E-state index contributed by atoms with van der Waals surface area (Å²) in [4.78, 5) is 0.422. The number of rotatable bonds is 6. The number of benzene rings is 1. The predicted molar refractivity (Wildman–Crippen MR) is 85.7 cm³/mol. The van der Waals surface area contributed by atoms with E-state index in [1.54, 1.807) is 10.4 Å². The Morgan fingerprint density at radius 2 is 2.14 bits per heavy atom. The monoisotopic (exact) mass is 310 g/mol. The van der Waals surface area contributed by atoms with E-state index in [4.69, 9.17) is 0 Å². The first kappa shape index (κ1) is 16.5. The molecule has 1 heterocycles. The highest BCUT2D eigenvalue weighted by atomic mass is 32.2. The van der Waals surface area contributed by atoms with Gasteiger partial charge in [-0.1, -0.05) is 32.4 Å².